The van der Waals surface area contributed by atoms with Gasteiger partial charge in [0.25, 0.3) is 5.91 Å². The van der Waals surface area contributed by atoms with Crippen molar-refractivity contribution in [2.75, 3.05) is 12.0 Å². The lowest BCUT2D eigenvalue weighted by atomic mass is 9.88. The Hall–Kier alpha value is -3.37. The second-order valence-electron chi connectivity index (χ2n) is 8.05. The van der Waals surface area contributed by atoms with Crippen LogP contribution in [0.3, 0.4) is 0 Å². The van der Waals surface area contributed by atoms with Gasteiger partial charge in [-0.05, 0) is 52.9 Å². The Morgan fingerprint density at radius 2 is 1.69 bits per heavy atom. The number of carbonyl (C=O) groups is 2. The SMILES string of the molecule is COC(=O)c1cccc(CN2C(=O)/C(=C(/c3ccc(Cl)cc3)C(C)C)c3ccccc32)c1. The van der Waals surface area contributed by atoms with E-state index in [0.29, 0.717) is 22.7 Å². The van der Waals surface area contributed by atoms with E-state index in [-0.39, 0.29) is 11.8 Å². The molecule has 3 aromatic rings. The Morgan fingerprint density at radius 1 is 0.969 bits per heavy atom. The molecule has 1 aliphatic heterocycles. The minimum absolute atomic E-state index is 0.0479. The molecule has 0 radical (unpaired) electrons. The normalized spacial score (nSPS) is 14.5. The van der Waals surface area contributed by atoms with Crippen LogP contribution < -0.4 is 4.90 Å². The molecule has 3 aromatic carbocycles. The second kappa shape index (κ2) is 9.01. The molecular formula is C27H24ClNO3. The number of anilines is 1. The molecule has 32 heavy (non-hydrogen) atoms. The fourth-order valence-electron chi connectivity index (χ4n) is 4.19. The van der Waals surface area contributed by atoms with Crippen molar-refractivity contribution in [3.8, 4) is 0 Å². The Bertz CT molecular complexity index is 1210. The van der Waals surface area contributed by atoms with Gasteiger partial charge in [-0.3, -0.25) is 4.79 Å². The van der Waals surface area contributed by atoms with Gasteiger partial charge in [-0.1, -0.05) is 67.9 Å². The van der Waals surface area contributed by atoms with Gasteiger partial charge in [0.05, 0.1) is 30.5 Å². The number of nitrogens with zero attached hydrogens (tertiary/aromatic N) is 1. The molecule has 0 aromatic heterocycles. The number of halogens is 1. The van der Waals surface area contributed by atoms with E-state index in [9.17, 15) is 9.59 Å². The van der Waals surface area contributed by atoms with Crippen LogP contribution in [0.5, 0.6) is 0 Å². The van der Waals surface area contributed by atoms with Gasteiger partial charge in [-0.15, -0.1) is 0 Å². The van der Waals surface area contributed by atoms with E-state index in [1.54, 1.807) is 23.1 Å². The largest absolute Gasteiger partial charge is 0.465 e. The molecule has 0 saturated heterocycles. The number of ether oxygens (including phenoxy) is 1. The highest BCUT2D eigenvalue weighted by molar-refractivity contribution is 6.37. The number of carbonyl (C=O) groups excluding carboxylic acids is 2. The summed E-state index contributed by atoms with van der Waals surface area (Å²) in [7, 11) is 1.36. The van der Waals surface area contributed by atoms with E-state index in [1.807, 2.05) is 54.6 Å². The smallest absolute Gasteiger partial charge is 0.337 e. The number of fused-ring (bicyclic) bond motifs is 1. The summed E-state index contributed by atoms with van der Waals surface area (Å²) in [5.74, 6) is -0.315. The van der Waals surface area contributed by atoms with Gasteiger partial charge in [0.15, 0.2) is 0 Å². The molecule has 0 aliphatic carbocycles. The lowest BCUT2D eigenvalue weighted by Crippen LogP contribution is -2.26. The molecule has 1 amide bonds. The maximum atomic E-state index is 13.8. The standard InChI is InChI=1S/C27H24ClNO3/c1-17(2)24(19-11-13-21(28)14-12-19)25-22-9-4-5-10-23(22)29(26(25)30)16-18-7-6-8-20(15-18)27(31)32-3/h4-15,17H,16H2,1-3H3/b25-24+. The molecular weight excluding hydrogens is 422 g/mol. The zero-order valence-electron chi connectivity index (χ0n) is 18.3. The monoisotopic (exact) mass is 445 g/mol. The van der Waals surface area contributed by atoms with Crippen molar-refractivity contribution < 1.29 is 14.3 Å². The molecule has 1 heterocycles. The molecule has 5 heteroatoms. The van der Waals surface area contributed by atoms with Crippen molar-refractivity contribution >= 4 is 40.3 Å². The number of hydrogen-bond donors (Lipinski definition) is 0. The average Bonchev–Trinajstić information content (AvgIpc) is 3.06. The van der Waals surface area contributed by atoms with Crippen molar-refractivity contribution in [3.63, 3.8) is 0 Å². The van der Waals surface area contributed by atoms with Crippen molar-refractivity contribution in [2.24, 2.45) is 5.92 Å². The van der Waals surface area contributed by atoms with Crippen LogP contribution in [0, 0.1) is 5.92 Å². The van der Waals surface area contributed by atoms with Gasteiger partial charge in [-0.2, -0.15) is 0 Å². The summed E-state index contributed by atoms with van der Waals surface area (Å²) in [6.07, 6.45) is 0. The summed E-state index contributed by atoms with van der Waals surface area (Å²) in [4.78, 5) is 27.5. The molecule has 0 saturated carbocycles. The molecule has 1 aliphatic rings. The quantitative estimate of drug-likeness (QED) is 0.345. The molecule has 4 rings (SSSR count). The maximum Gasteiger partial charge on any atom is 0.337 e. The van der Waals surface area contributed by atoms with Crippen LogP contribution in [0.15, 0.2) is 72.8 Å². The van der Waals surface area contributed by atoms with Gasteiger partial charge in [-0.25, -0.2) is 4.79 Å². The fourth-order valence-corrected chi connectivity index (χ4v) is 4.32. The van der Waals surface area contributed by atoms with Gasteiger partial charge in [0.1, 0.15) is 0 Å². The lowest BCUT2D eigenvalue weighted by molar-refractivity contribution is -0.113. The molecule has 0 atom stereocenters. The first-order valence-electron chi connectivity index (χ1n) is 10.5. The summed E-state index contributed by atoms with van der Waals surface area (Å²) in [5.41, 5.74) is 5.78. The molecule has 0 fully saturated rings. The Balaban J connectivity index is 1.81. The van der Waals surface area contributed by atoms with Crippen LogP contribution in [0.4, 0.5) is 5.69 Å². The molecule has 0 N–H and O–H groups in total. The second-order valence-corrected chi connectivity index (χ2v) is 8.49. The van der Waals surface area contributed by atoms with Crippen molar-refractivity contribution in [2.45, 2.75) is 20.4 Å². The zero-order chi connectivity index (χ0) is 22.8. The summed E-state index contributed by atoms with van der Waals surface area (Å²) < 4.78 is 4.83. The van der Waals surface area contributed by atoms with E-state index in [4.69, 9.17) is 16.3 Å². The van der Waals surface area contributed by atoms with Crippen molar-refractivity contribution in [1.82, 2.24) is 0 Å². The van der Waals surface area contributed by atoms with E-state index >= 15 is 0 Å². The van der Waals surface area contributed by atoms with Crippen molar-refractivity contribution in [3.05, 3.63) is 100 Å². The summed E-state index contributed by atoms with van der Waals surface area (Å²) in [5, 5.41) is 0.659. The summed E-state index contributed by atoms with van der Waals surface area (Å²) in [6, 6.07) is 22.6. The number of para-hydroxylation sites is 1. The van der Waals surface area contributed by atoms with E-state index in [0.717, 1.165) is 28.0 Å². The average molecular weight is 446 g/mol. The Kier molecular flexibility index (Phi) is 6.15. The fraction of sp³-hybridized carbons (Fsp3) is 0.185. The number of benzene rings is 3. The van der Waals surface area contributed by atoms with Gasteiger partial charge >= 0.3 is 5.97 Å². The highest BCUT2D eigenvalue weighted by Crippen LogP contribution is 2.43. The van der Waals surface area contributed by atoms with Gasteiger partial charge in [0.2, 0.25) is 0 Å². The zero-order valence-corrected chi connectivity index (χ0v) is 19.0. The van der Waals surface area contributed by atoms with E-state index < -0.39 is 5.97 Å². The molecule has 0 unspecified atom stereocenters. The van der Waals surface area contributed by atoms with Crippen LogP contribution in [0.25, 0.3) is 11.1 Å². The third kappa shape index (κ3) is 4.06. The third-order valence-electron chi connectivity index (χ3n) is 5.61. The number of rotatable bonds is 5. The van der Waals surface area contributed by atoms with Crippen LogP contribution in [0.1, 0.15) is 40.9 Å². The van der Waals surface area contributed by atoms with Crippen LogP contribution in [-0.4, -0.2) is 19.0 Å². The third-order valence-corrected chi connectivity index (χ3v) is 5.87. The predicted molar refractivity (Wildman–Crippen MR) is 129 cm³/mol. The van der Waals surface area contributed by atoms with Crippen LogP contribution >= 0.6 is 11.6 Å². The number of hydrogen-bond acceptors (Lipinski definition) is 3. The number of allylic oxidation sites excluding steroid dienone is 1. The first-order chi connectivity index (χ1) is 15.4. The Labute approximate surface area is 193 Å². The molecule has 162 valence electrons. The minimum Gasteiger partial charge on any atom is -0.465 e. The van der Waals surface area contributed by atoms with Crippen LogP contribution in [-0.2, 0) is 16.1 Å². The summed E-state index contributed by atoms with van der Waals surface area (Å²) in [6.45, 7) is 4.54. The number of amides is 1. The first kappa shape index (κ1) is 21.8. The Morgan fingerprint density at radius 3 is 2.38 bits per heavy atom. The molecule has 4 nitrogen and oxygen atoms in total. The summed E-state index contributed by atoms with van der Waals surface area (Å²) >= 11 is 6.10. The predicted octanol–water partition coefficient (Wildman–Crippen LogP) is 6.24. The first-order valence-corrected chi connectivity index (χ1v) is 10.9. The highest BCUT2D eigenvalue weighted by Gasteiger charge is 2.35. The van der Waals surface area contributed by atoms with Crippen LogP contribution in [0.2, 0.25) is 5.02 Å². The molecule has 0 bridgehead atoms. The topological polar surface area (TPSA) is 46.6 Å². The van der Waals surface area contributed by atoms with E-state index in [2.05, 4.69) is 13.8 Å². The van der Waals surface area contributed by atoms with Crippen molar-refractivity contribution in [1.29, 1.82) is 0 Å². The minimum atomic E-state index is -0.398. The highest BCUT2D eigenvalue weighted by atomic mass is 35.5. The van der Waals surface area contributed by atoms with Gasteiger partial charge < -0.3 is 9.64 Å². The van der Waals surface area contributed by atoms with E-state index in [1.165, 1.54) is 7.11 Å². The van der Waals surface area contributed by atoms with Gasteiger partial charge in [0, 0.05) is 10.6 Å². The number of methoxy groups -OCH3 is 1. The lowest BCUT2D eigenvalue weighted by Gasteiger charge is -2.19. The maximum absolute atomic E-state index is 13.8. The number of esters is 1. The molecule has 0 spiro atoms.